The van der Waals surface area contributed by atoms with Gasteiger partial charge in [0.05, 0.1) is 17.8 Å². The second kappa shape index (κ2) is 15.0. The van der Waals surface area contributed by atoms with E-state index in [1.165, 1.54) is 0 Å². The van der Waals surface area contributed by atoms with Crippen LogP contribution in [0.15, 0.2) is 47.5 Å². The standard InChI is InChI=1S/C15H13ClN6.C2H7NO.2C2H6/c16-9-3-6-12-11(7-9)13(8-1-4-10(17)5-2-8)21-15(20-12)22-14(18)19;3-1-2-4;2*1-2/h1-7H,17H2,(H4,18,19,20,21,22);4H,1-3H2;2*1-2H3. The van der Waals surface area contributed by atoms with Crippen molar-refractivity contribution in [3.63, 3.8) is 0 Å². The minimum absolute atomic E-state index is 0.0972. The maximum atomic E-state index is 7.75. The van der Waals surface area contributed by atoms with E-state index in [2.05, 4.69) is 15.0 Å². The highest BCUT2D eigenvalue weighted by Crippen LogP contribution is 2.30. The van der Waals surface area contributed by atoms with Crippen LogP contribution in [0.4, 0.5) is 11.6 Å². The zero-order valence-corrected chi connectivity index (χ0v) is 18.7. The predicted molar refractivity (Wildman–Crippen MR) is 129 cm³/mol. The fourth-order valence-electron chi connectivity index (χ4n) is 2.11. The zero-order chi connectivity index (χ0) is 23.1. The van der Waals surface area contributed by atoms with Crippen LogP contribution >= 0.6 is 11.6 Å². The Hall–Kier alpha value is -2.94. The SMILES string of the molecule is CC.CC.NC(N)=Nc1nc(-c2ccc(N)cc2)c2cc(Cl)ccc2n1.NCCO. The maximum absolute atomic E-state index is 7.75. The third-order valence-electron chi connectivity index (χ3n) is 3.19. The van der Waals surface area contributed by atoms with Gasteiger partial charge in [0.15, 0.2) is 5.96 Å². The van der Waals surface area contributed by atoms with Crippen LogP contribution in [0.2, 0.25) is 5.02 Å². The Morgan fingerprint density at radius 2 is 1.57 bits per heavy atom. The molecule has 0 aliphatic rings. The first kappa shape index (κ1) is 27.1. The van der Waals surface area contributed by atoms with Crippen LogP contribution in [-0.2, 0) is 0 Å². The monoisotopic (exact) mass is 433 g/mol. The number of hydrogen-bond donors (Lipinski definition) is 5. The highest BCUT2D eigenvalue weighted by atomic mass is 35.5. The normalized spacial score (nSPS) is 9.17. The van der Waals surface area contributed by atoms with Gasteiger partial charge in [0, 0.05) is 28.2 Å². The van der Waals surface area contributed by atoms with Gasteiger partial charge in [-0.05, 0) is 30.3 Å². The smallest absolute Gasteiger partial charge is 0.253 e. The number of rotatable bonds is 3. The third-order valence-corrected chi connectivity index (χ3v) is 3.42. The summed E-state index contributed by atoms with van der Waals surface area (Å²) in [6.07, 6.45) is 0. The molecule has 0 saturated carbocycles. The molecule has 8 nitrogen and oxygen atoms in total. The van der Waals surface area contributed by atoms with Gasteiger partial charge in [-0.25, -0.2) is 9.97 Å². The number of guanidine groups is 1. The van der Waals surface area contributed by atoms with E-state index in [0.717, 1.165) is 10.9 Å². The van der Waals surface area contributed by atoms with Gasteiger partial charge in [0.1, 0.15) is 0 Å². The number of nitrogen functional groups attached to an aromatic ring is 1. The number of hydrogen-bond acceptors (Lipinski definition) is 6. The van der Waals surface area contributed by atoms with E-state index in [4.69, 9.17) is 39.6 Å². The fourth-order valence-corrected chi connectivity index (χ4v) is 2.29. The van der Waals surface area contributed by atoms with E-state index in [-0.39, 0.29) is 18.5 Å². The van der Waals surface area contributed by atoms with Crippen LogP contribution in [-0.4, -0.2) is 34.2 Å². The molecule has 0 spiro atoms. The van der Waals surface area contributed by atoms with Crippen molar-refractivity contribution in [2.75, 3.05) is 18.9 Å². The molecule has 0 radical (unpaired) electrons. The summed E-state index contributed by atoms with van der Waals surface area (Å²) in [4.78, 5) is 12.7. The van der Waals surface area contributed by atoms with Crippen molar-refractivity contribution in [3.8, 4) is 11.3 Å². The lowest BCUT2D eigenvalue weighted by Gasteiger charge is -2.08. The molecule has 0 fully saturated rings. The van der Waals surface area contributed by atoms with Gasteiger partial charge < -0.3 is 28.0 Å². The van der Waals surface area contributed by atoms with Crippen LogP contribution in [0.1, 0.15) is 27.7 Å². The fraction of sp³-hybridized carbons (Fsp3) is 0.286. The van der Waals surface area contributed by atoms with E-state index in [9.17, 15) is 0 Å². The Bertz CT molecular complexity index is 909. The molecule has 3 rings (SSSR count). The molecule has 9 heteroatoms. The molecule has 30 heavy (non-hydrogen) atoms. The largest absolute Gasteiger partial charge is 0.399 e. The Balaban J connectivity index is 0.000000924. The van der Waals surface area contributed by atoms with Crippen molar-refractivity contribution in [1.82, 2.24) is 9.97 Å². The van der Waals surface area contributed by atoms with Crippen molar-refractivity contribution >= 4 is 40.1 Å². The van der Waals surface area contributed by atoms with Crippen LogP contribution in [0.5, 0.6) is 0 Å². The summed E-state index contributed by atoms with van der Waals surface area (Å²) in [5.74, 6) is 0.0956. The van der Waals surface area contributed by atoms with Crippen molar-refractivity contribution in [3.05, 3.63) is 47.5 Å². The Morgan fingerprint density at radius 3 is 2.07 bits per heavy atom. The Kier molecular flexibility index (Phi) is 13.5. The number of aliphatic hydroxyl groups excluding tert-OH is 1. The number of aliphatic imine (C=N–C) groups is 1. The van der Waals surface area contributed by atoms with E-state index < -0.39 is 0 Å². The first-order chi connectivity index (χ1) is 14.4. The van der Waals surface area contributed by atoms with Crippen molar-refractivity contribution in [1.29, 1.82) is 0 Å². The molecule has 0 saturated heterocycles. The highest BCUT2D eigenvalue weighted by Gasteiger charge is 2.10. The molecule has 0 aliphatic heterocycles. The molecule has 3 aromatic rings. The number of fused-ring (bicyclic) bond motifs is 1. The minimum atomic E-state index is -0.100. The highest BCUT2D eigenvalue weighted by molar-refractivity contribution is 6.31. The summed E-state index contributed by atoms with van der Waals surface area (Å²) in [5, 5.41) is 9.16. The molecule has 0 aliphatic carbocycles. The van der Waals surface area contributed by atoms with Gasteiger partial charge in [-0.15, -0.1) is 0 Å². The summed E-state index contributed by atoms with van der Waals surface area (Å²) in [6, 6.07) is 12.7. The summed E-state index contributed by atoms with van der Waals surface area (Å²) in [5.41, 5.74) is 24.3. The predicted octanol–water partition coefficient (Wildman–Crippen LogP) is 3.43. The number of halogens is 1. The number of aromatic nitrogens is 2. The molecule has 1 heterocycles. The second-order valence-electron chi connectivity index (χ2n) is 5.20. The number of nitrogens with zero attached hydrogens (tertiary/aromatic N) is 3. The van der Waals surface area contributed by atoms with Crippen molar-refractivity contribution < 1.29 is 5.11 Å². The van der Waals surface area contributed by atoms with E-state index in [1.54, 1.807) is 24.3 Å². The van der Waals surface area contributed by atoms with Crippen LogP contribution in [0.25, 0.3) is 22.2 Å². The van der Waals surface area contributed by atoms with Gasteiger partial charge in [-0.3, -0.25) is 0 Å². The van der Waals surface area contributed by atoms with Crippen molar-refractivity contribution in [2.24, 2.45) is 22.2 Å². The van der Waals surface area contributed by atoms with Gasteiger partial charge in [0.2, 0.25) is 0 Å². The molecular weight excluding hydrogens is 402 g/mol. The average Bonchev–Trinajstić information content (AvgIpc) is 2.76. The zero-order valence-electron chi connectivity index (χ0n) is 17.9. The summed E-state index contributed by atoms with van der Waals surface area (Å²) >= 11 is 6.08. The first-order valence-electron chi connectivity index (χ1n) is 9.68. The van der Waals surface area contributed by atoms with E-state index in [1.807, 2.05) is 45.9 Å². The molecule has 2 aromatic carbocycles. The lowest BCUT2D eigenvalue weighted by Crippen LogP contribution is -2.22. The van der Waals surface area contributed by atoms with Crippen LogP contribution in [0.3, 0.4) is 0 Å². The maximum Gasteiger partial charge on any atom is 0.253 e. The van der Waals surface area contributed by atoms with Gasteiger partial charge in [-0.1, -0.05) is 51.4 Å². The summed E-state index contributed by atoms with van der Waals surface area (Å²) in [7, 11) is 0. The number of aliphatic hydroxyl groups is 1. The third kappa shape index (κ3) is 8.60. The van der Waals surface area contributed by atoms with E-state index >= 15 is 0 Å². The quantitative estimate of drug-likeness (QED) is 0.240. The summed E-state index contributed by atoms with van der Waals surface area (Å²) < 4.78 is 0. The molecule has 1 aromatic heterocycles. The van der Waals surface area contributed by atoms with Gasteiger partial charge in [0.25, 0.3) is 5.95 Å². The number of anilines is 1. The van der Waals surface area contributed by atoms with Gasteiger partial charge in [-0.2, -0.15) is 4.99 Å². The van der Waals surface area contributed by atoms with Crippen LogP contribution < -0.4 is 22.9 Å². The van der Waals surface area contributed by atoms with Gasteiger partial charge >= 0.3 is 0 Å². The number of benzene rings is 2. The molecule has 0 unspecified atom stereocenters. The van der Waals surface area contributed by atoms with E-state index in [0.29, 0.717) is 28.5 Å². The average molecular weight is 434 g/mol. The Morgan fingerprint density at radius 1 is 1.00 bits per heavy atom. The van der Waals surface area contributed by atoms with Crippen molar-refractivity contribution in [2.45, 2.75) is 27.7 Å². The van der Waals surface area contributed by atoms with Crippen LogP contribution in [0, 0.1) is 0 Å². The second-order valence-corrected chi connectivity index (χ2v) is 5.64. The Labute approximate surface area is 183 Å². The molecule has 164 valence electrons. The summed E-state index contributed by atoms with van der Waals surface area (Å²) in [6.45, 7) is 8.47. The lowest BCUT2D eigenvalue weighted by atomic mass is 10.1. The number of nitrogens with two attached hydrogens (primary N) is 4. The molecule has 9 N–H and O–H groups in total. The minimum Gasteiger partial charge on any atom is -0.399 e. The topological polar surface area (TPSA) is 162 Å². The molecule has 0 atom stereocenters. The molecule has 0 amide bonds. The molecule has 0 bridgehead atoms. The first-order valence-corrected chi connectivity index (χ1v) is 10.1. The molecular formula is C21H32ClN7O. The lowest BCUT2D eigenvalue weighted by molar-refractivity contribution is 0.306.